The van der Waals surface area contributed by atoms with Crippen LogP contribution in [0.15, 0.2) is 18.2 Å². The molecule has 2 rings (SSSR count). The number of imide groups is 1. The van der Waals surface area contributed by atoms with Gasteiger partial charge in [0, 0.05) is 25.2 Å². The van der Waals surface area contributed by atoms with Crippen molar-refractivity contribution in [3.8, 4) is 0 Å². The maximum atomic E-state index is 12.2. The quantitative estimate of drug-likeness (QED) is 0.508. The molecule has 9 heteroatoms. The molecule has 0 aliphatic carbocycles. The number of nitrogens with one attached hydrogen (secondary N) is 1. The number of non-ortho nitro benzene ring substituents is 1. The van der Waals surface area contributed by atoms with Gasteiger partial charge in [0.25, 0.3) is 17.5 Å². The molecule has 0 bridgehead atoms. The van der Waals surface area contributed by atoms with Gasteiger partial charge in [-0.2, -0.15) is 0 Å². The van der Waals surface area contributed by atoms with E-state index >= 15 is 0 Å². The summed E-state index contributed by atoms with van der Waals surface area (Å²) in [6.07, 6.45) is -0.658. The lowest BCUT2D eigenvalue weighted by molar-refractivity contribution is -0.384. The number of carbonyl (C=O) groups excluding carboxylic acids is 3. The Morgan fingerprint density at radius 3 is 2.46 bits per heavy atom. The molecule has 9 nitrogen and oxygen atoms in total. The van der Waals surface area contributed by atoms with Gasteiger partial charge >= 0.3 is 6.09 Å². The third-order valence-corrected chi connectivity index (χ3v) is 3.17. The summed E-state index contributed by atoms with van der Waals surface area (Å²) >= 11 is 0. The predicted molar refractivity (Wildman–Crippen MR) is 82.7 cm³/mol. The number of ether oxygens (including phenoxy) is 1. The van der Waals surface area contributed by atoms with E-state index in [0.717, 1.165) is 11.0 Å². The van der Waals surface area contributed by atoms with Gasteiger partial charge in [0.1, 0.15) is 5.60 Å². The minimum atomic E-state index is -0.658. The van der Waals surface area contributed by atoms with Crippen molar-refractivity contribution >= 4 is 23.6 Å². The largest absolute Gasteiger partial charge is 0.444 e. The average Bonchev–Trinajstić information content (AvgIpc) is 2.70. The zero-order chi connectivity index (χ0) is 18.1. The van der Waals surface area contributed by atoms with Gasteiger partial charge in [0.2, 0.25) is 0 Å². The van der Waals surface area contributed by atoms with E-state index in [9.17, 15) is 24.5 Å². The topological polar surface area (TPSA) is 119 Å². The van der Waals surface area contributed by atoms with Crippen LogP contribution in [0.3, 0.4) is 0 Å². The van der Waals surface area contributed by atoms with E-state index < -0.39 is 28.4 Å². The SMILES string of the molecule is CC(C)(C)OC(=O)NCCN1C(=O)c2ccc([N+](=O)[O-])cc2C1=O. The predicted octanol–water partition coefficient (Wildman–Crippen LogP) is 1.72. The van der Waals surface area contributed by atoms with Crippen LogP contribution in [0.2, 0.25) is 0 Å². The van der Waals surface area contributed by atoms with Crippen LogP contribution in [0.5, 0.6) is 0 Å². The summed E-state index contributed by atoms with van der Waals surface area (Å²) < 4.78 is 5.05. The van der Waals surface area contributed by atoms with Crippen LogP contribution < -0.4 is 5.32 Å². The first-order valence-electron chi connectivity index (χ1n) is 7.21. The molecule has 1 aromatic carbocycles. The Morgan fingerprint density at radius 2 is 1.88 bits per heavy atom. The number of nitrogens with zero attached hydrogens (tertiary/aromatic N) is 2. The fraction of sp³-hybridized carbons (Fsp3) is 0.400. The second kappa shape index (κ2) is 6.26. The summed E-state index contributed by atoms with van der Waals surface area (Å²) in [7, 11) is 0. The minimum absolute atomic E-state index is 0.00790. The Hall–Kier alpha value is -2.97. The van der Waals surface area contributed by atoms with Crippen molar-refractivity contribution in [1.82, 2.24) is 10.2 Å². The number of hydrogen-bond acceptors (Lipinski definition) is 6. The Labute approximate surface area is 137 Å². The molecule has 0 unspecified atom stereocenters. The molecule has 0 saturated carbocycles. The van der Waals surface area contributed by atoms with Crippen LogP contribution >= 0.6 is 0 Å². The third kappa shape index (κ3) is 3.67. The molecule has 1 aliphatic rings. The number of rotatable bonds is 4. The van der Waals surface area contributed by atoms with Crippen molar-refractivity contribution in [2.75, 3.05) is 13.1 Å². The number of nitro groups is 1. The Balaban J connectivity index is 2.01. The van der Waals surface area contributed by atoms with Crippen molar-refractivity contribution < 1.29 is 24.0 Å². The van der Waals surface area contributed by atoms with Gasteiger partial charge in [-0.1, -0.05) is 0 Å². The smallest absolute Gasteiger partial charge is 0.407 e. The molecule has 1 heterocycles. The van der Waals surface area contributed by atoms with Crippen molar-refractivity contribution in [3.63, 3.8) is 0 Å². The lowest BCUT2D eigenvalue weighted by Crippen LogP contribution is -2.40. The van der Waals surface area contributed by atoms with Gasteiger partial charge in [0.15, 0.2) is 0 Å². The number of amides is 3. The standard InChI is InChI=1S/C15H17N3O6/c1-15(2,3)24-14(21)16-6-7-17-12(19)10-5-4-9(18(22)23)8-11(10)13(17)20/h4-5,8H,6-7H2,1-3H3,(H,16,21). The summed E-state index contributed by atoms with van der Waals surface area (Å²) in [5.74, 6) is -1.17. The second-order valence-corrected chi connectivity index (χ2v) is 6.18. The molecule has 0 fully saturated rings. The van der Waals surface area contributed by atoms with Gasteiger partial charge < -0.3 is 10.1 Å². The first-order chi connectivity index (χ1) is 11.1. The Bertz CT molecular complexity index is 722. The van der Waals surface area contributed by atoms with Crippen molar-refractivity contribution in [3.05, 3.63) is 39.4 Å². The molecule has 0 atom stereocenters. The van der Waals surface area contributed by atoms with E-state index in [1.165, 1.54) is 12.1 Å². The maximum absolute atomic E-state index is 12.2. The normalized spacial score (nSPS) is 13.7. The number of carbonyl (C=O) groups is 3. The van der Waals surface area contributed by atoms with Crippen LogP contribution in [0.4, 0.5) is 10.5 Å². The zero-order valence-corrected chi connectivity index (χ0v) is 13.5. The first kappa shape index (κ1) is 17.4. The summed E-state index contributed by atoms with van der Waals surface area (Å²) in [6, 6.07) is 3.51. The highest BCUT2D eigenvalue weighted by molar-refractivity contribution is 6.21. The van der Waals surface area contributed by atoms with Crippen molar-refractivity contribution in [2.45, 2.75) is 26.4 Å². The zero-order valence-electron chi connectivity index (χ0n) is 13.5. The van der Waals surface area contributed by atoms with Crippen LogP contribution in [0.1, 0.15) is 41.5 Å². The molecule has 0 radical (unpaired) electrons. The van der Waals surface area contributed by atoms with Crippen molar-refractivity contribution in [2.24, 2.45) is 0 Å². The minimum Gasteiger partial charge on any atom is -0.444 e. The van der Waals surface area contributed by atoms with Crippen LogP contribution in [0, 0.1) is 10.1 Å². The highest BCUT2D eigenvalue weighted by atomic mass is 16.6. The lowest BCUT2D eigenvalue weighted by Gasteiger charge is -2.20. The van der Waals surface area contributed by atoms with Gasteiger partial charge in [-0.3, -0.25) is 24.6 Å². The molecule has 0 saturated heterocycles. The third-order valence-electron chi connectivity index (χ3n) is 3.17. The molecule has 0 aromatic heterocycles. The van der Waals surface area contributed by atoms with E-state index in [0.29, 0.717) is 0 Å². The fourth-order valence-electron chi connectivity index (χ4n) is 2.18. The molecule has 1 aromatic rings. The number of benzene rings is 1. The lowest BCUT2D eigenvalue weighted by atomic mass is 10.1. The van der Waals surface area contributed by atoms with Gasteiger partial charge in [-0.15, -0.1) is 0 Å². The van der Waals surface area contributed by atoms with E-state index in [2.05, 4.69) is 5.32 Å². The van der Waals surface area contributed by atoms with Gasteiger partial charge in [-0.05, 0) is 26.8 Å². The highest BCUT2D eigenvalue weighted by Gasteiger charge is 2.36. The average molecular weight is 335 g/mol. The molecule has 24 heavy (non-hydrogen) atoms. The number of nitro benzene ring substituents is 1. The molecule has 1 N–H and O–H groups in total. The summed E-state index contributed by atoms with van der Waals surface area (Å²) in [5.41, 5.74) is -0.809. The van der Waals surface area contributed by atoms with Gasteiger partial charge in [0.05, 0.1) is 16.1 Å². The summed E-state index contributed by atoms with van der Waals surface area (Å²) in [4.78, 5) is 47.0. The molecular weight excluding hydrogens is 318 g/mol. The second-order valence-electron chi connectivity index (χ2n) is 6.18. The van der Waals surface area contributed by atoms with E-state index in [1.54, 1.807) is 20.8 Å². The maximum Gasteiger partial charge on any atom is 0.407 e. The van der Waals surface area contributed by atoms with Crippen LogP contribution in [-0.2, 0) is 4.74 Å². The number of fused-ring (bicyclic) bond motifs is 1. The highest BCUT2D eigenvalue weighted by Crippen LogP contribution is 2.26. The first-order valence-corrected chi connectivity index (χ1v) is 7.21. The number of hydrogen-bond donors (Lipinski definition) is 1. The summed E-state index contributed by atoms with van der Waals surface area (Å²) in [5, 5.41) is 13.2. The molecule has 3 amide bonds. The molecular formula is C15H17N3O6. The fourth-order valence-corrected chi connectivity index (χ4v) is 2.18. The van der Waals surface area contributed by atoms with E-state index in [-0.39, 0.29) is 29.9 Å². The monoisotopic (exact) mass is 335 g/mol. The van der Waals surface area contributed by atoms with E-state index in [1.807, 2.05) is 0 Å². The summed E-state index contributed by atoms with van der Waals surface area (Å²) in [6.45, 7) is 5.10. The van der Waals surface area contributed by atoms with Gasteiger partial charge in [-0.25, -0.2) is 4.79 Å². The molecule has 128 valence electrons. The molecule has 1 aliphatic heterocycles. The van der Waals surface area contributed by atoms with E-state index in [4.69, 9.17) is 4.74 Å². The Kier molecular flexibility index (Phi) is 4.54. The van der Waals surface area contributed by atoms with Crippen molar-refractivity contribution in [1.29, 1.82) is 0 Å². The number of alkyl carbamates (subject to hydrolysis) is 1. The van der Waals surface area contributed by atoms with Crippen LogP contribution in [-0.4, -0.2) is 46.4 Å². The molecule has 0 spiro atoms. The van der Waals surface area contributed by atoms with Crippen LogP contribution in [0.25, 0.3) is 0 Å². The Morgan fingerprint density at radius 1 is 1.25 bits per heavy atom.